The number of rotatable bonds is 3. The summed E-state index contributed by atoms with van der Waals surface area (Å²) in [5.74, 6) is 0.829. The predicted molar refractivity (Wildman–Crippen MR) is 79.6 cm³/mol. The van der Waals surface area contributed by atoms with Crippen molar-refractivity contribution in [3.8, 4) is 0 Å². The normalized spacial score (nSPS) is 10.4. The van der Waals surface area contributed by atoms with E-state index in [-0.39, 0.29) is 0 Å². The third-order valence-corrected chi connectivity index (χ3v) is 3.35. The van der Waals surface area contributed by atoms with Crippen LogP contribution < -0.4 is 10.6 Å². The molecule has 94 valence electrons. The Balaban J connectivity index is 2.22. The van der Waals surface area contributed by atoms with Crippen molar-refractivity contribution in [2.45, 2.75) is 13.5 Å². The Morgan fingerprint density at radius 3 is 2.83 bits per heavy atom. The largest absolute Gasteiger partial charge is 0.396 e. The number of nitrogens with two attached hydrogens (primary N) is 1. The molecule has 0 aliphatic carbocycles. The number of hydrogen-bond donors (Lipinski definition) is 1. The molecule has 0 radical (unpaired) electrons. The third-order valence-electron chi connectivity index (χ3n) is 2.86. The summed E-state index contributed by atoms with van der Waals surface area (Å²) in [6, 6.07) is 10.2. The molecule has 1 aromatic carbocycles. The minimum atomic E-state index is 0.745. The Hall–Kier alpha value is -1.55. The lowest BCUT2D eigenvalue weighted by Gasteiger charge is -2.20. The topological polar surface area (TPSA) is 42.2 Å². The number of anilines is 2. The zero-order chi connectivity index (χ0) is 13.1. The van der Waals surface area contributed by atoms with Crippen molar-refractivity contribution in [2.75, 3.05) is 17.7 Å². The van der Waals surface area contributed by atoms with E-state index in [1.807, 2.05) is 32.2 Å². The van der Waals surface area contributed by atoms with E-state index in [9.17, 15) is 0 Å². The highest BCUT2D eigenvalue weighted by atomic mass is 79.9. The van der Waals surface area contributed by atoms with Crippen molar-refractivity contribution in [3.63, 3.8) is 0 Å². The molecule has 0 saturated heterocycles. The first-order chi connectivity index (χ1) is 8.58. The van der Waals surface area contributed by atoms with Crippen LogP contribution in [0.4, 0.5) is 11.5 Å². The van der Waals surface area contributed by atoms with E-state index < -0.39 is 0 Å². The molecule has 0 spiro atoms. The van der Waals surface area contributed by atoms with E-state index in [2.05, 4.69) is 37.9 Å². The molecule has 2 N–H and O–H groups in total. The number of benzene rings is 1. The van der Waals surface area contributed by atoms with Gasteiger partial charge in [0.25, 0.3) is 0 Å². The fraction of sp³-hybridized carbons (Fsp3) is 0.214. The van der Waals surface area contributed by atoms with Gasteiger partial charge in [-0.25, -0.2) is 4.98 Å². The van der Waals surface area contributed by atoms with Crippen LogP contribution in [-0.4, -0.2) is 12.0 Å². The average Bonchev–Trinajstić information content (AvgIpc) is 2.32. The highest BCUT2D eigenvalue weighted by Gasteiger charge is 2.09. The van der Waals surface area contributed by atoms with Gasteiger partial charge in [-0.15, -0.1) is 0 Å². The fourth-order valence-corrected chi connectivity index (χ4v) is 2.29. The summed E-state index contributed by atoms with van der Waals surface area (Å²) in [7, 11) is 2.00. The lowest BCUT2D eigenvalue weighted by atomic mass is 10.2. The molecule has 0 bridgehead atoms. The maximum atomic E-state index is 6.05. The van der Waals surface area contributed by atoms with Crippen LogP contribution in [-0.2, 0) is 6.54 Å². The van der Waals surface area contributed by atoms with Gasteiger partial charge in [0.1, 0.15) is 0 Å². The number of halogens is 1. The fourth-order valence-electron chi connectivity index (χ4n) is 1.84. The molecule has 2 rings (SSSR count). The van der Waals surface area contributed by atoms with Crippen LogP contribution in [0.2, 0.25) is 0 Å². The van der Waals surface area contributed by atoms with Crippen molar-refractivity contribution in [2.24, 2.45) is 0 Å². The minimum absolute atomic E-state index is 0.745. The molecule has 0 amide bonds. The van der Waals surface area contributed by atoms with Gasteiger partial charge in [0.15, 0.2) is 5.82 Å². The second kappa shape index (κ2) is 5.40. The Morgan fingerprint density at radius 2 is 2.11 bits per heavy atom. The third kappa shape index (κ3) is 2.82. The molecule has 3 nitrogen and oxygen atoms in total. The number of aromatic nitrogens is 1. The molecular weight excluding hydrogens is 290 g/mol. The number of hydrogen-bond acceptors (Lipinski definition) is 3. The van der Waals surface area contributed by atoms with E-state index >= 15 is 0 Å². The van der Waals surface area contributed by atoms with Crippen molar-refractivity contribution >= 4 is 27.4 Å². The van der Waals surface area contributed by atoms with Crippen LogP contribution in [0.1, 0.15) is 11.1 Å². The summed E-state index contributed by atoms with van der Waals surface area (Å²) >= 11 is 3.48. The van der Waals surface area contributed by atoms with E-state index in [1.165, 1.54) is 5.56 Å². The van der Waals surface area contributed by atoms with Gasteiger partial charge >= 0.3 is 0 Å². The lowest BCUT2D eigenvalue weighted by molar-refractivity contribution is 0.898. The number of nitrogen functional groups attached to an aromatic ring is 1. The van der Waals surface area contributed by atoms with E-state index in [1.54, 1.807) is 6.20 Å². The van der Waals surface area contributed by atoms with Gasteiger partial charge in [-0.1, -0.05) is 28.1 Å². The van der Waals surface area contributed by atoms with Crippen LogP contribution in [0.5, 0.6) is 0 Å². The van der Waals surface area contributed by atoms with Gasteiger partial charge in [-0.3, -0.25) is 0 Å². The first kappa shape index (κ1) is 12.9. The zero-order valence-corrected chi connectivity index (χ0v) is 12.1. The average molecular weight is 306 g/mol. The number of aryl methyl sites for hydroxylation is 1. The summed E-state index contributed by atoms with van der Waals surface area (Å²) in [4.78, 5) is 6.41. The molecule has 0 aliphatic heterocycles. The van der Waals surface area contributed by atoms with Gasteiger partial charge in [0, 0.05) is 24.3 Å². The van der Waals surface area contributed by atoms with E-state index in [0.29, 0.717) is 0 Å². The standard InChI is InChI=1S/C14H16BrN3/c1-10-6-7-17-14(13(10)16)18(2)9-11-4-3-5-12(15)8-11/h3-8H,9,16H2,1-2H3. The molecule has 0 saturated carbocycles. The summed E-state index contributed by atoms with van der Waals surface area (Å²) in [6.45, 7) is 2.77. The quantitative estimate of drug-likeness (QED) is 0.945. The molecule has 1 aromatic heterocycles. The molecular formula is C14H16BrN3. The van der Waals surface area contributed by atoms with Crippen LogP contribution in [0.25, 0.3) is 0 Å². The Labute approximate surface area is 116 Å². The maximum absolute atomic E-state index is 6.05. The molecule has 1 heterocycles. The maximum Gasteiger partial charge on any atom is 0.152 e. The Morgan fingerprint density at radius 1 is 1.33 bits per heavy atom. The molecule has 0 unspecified atom stereocenters. The monoisotopic (exact) mass is 305 g/mol. The van der Waals surface area contributed by atoms with Crippen molar-refractivity contribution in [3.05, 3.63) is 52.1 Å². The zero-order valence-electron chi connectivity index (χ0n) is 10.5. The Bertz CT molecular complexity index is 554. The van der Waals surface area contributed by atoms with Crippen molar-refractivity contribution in [1.82, 2.24) is 4.98 Å². The van der Waals surface area contributed by atoms with Crippen LogP contribution >= 0.6 is 15.9 Å². The van der Waals surface area contributed by atoms with Crippen molar-refractivity contribution in [1.29, 1.82) is 0 Å². The van der Waals surface area contributed by atoms with Gasteiger partial charge in [-0.2, -0.15) is 0 Å². The first-order valence-corrected chi connectivity index (χ1v) is 6.54. The smallest absolute Gasteiger partial charge is 0.152 e. The van der Waals surface area contributed by atoms with Gasteiger partial charge in [0.2, 0.25) is 0 Å². The second-order valence-corrected chi connectivity index (χ2v) is 5.27. The molecule has 0 atom stereocenters. The van der Waals surface area contributed by atoms with Crippen molar-refractivity contribution < 1.29 is 0 Å². The number of nitrogens with zero attached hydrogens (tertiary/aromatic N) is 2. The Kier molecular flexibility index (Phi) is 3.87. The SMILES string of the molecule is Cc1ccnc(N(C)Cc2cccc(Br)c2)c1N. The summed E-state index contributed by atoms with van der Waals surface area (Å²) < 4.78 is 1.08. The highest BCUT2D eigenvalue weighted by Crippen LogP contribution is 2.24. The molecule has 4 heteroatoms. The van der Waals surface area contributed by atoms with Gasteiger partial charge in [-0.05, 0) is 36.2 Å². The summed E-state index contributed by atoms with van der Waals surface area (Å²) in [6.07, 6.45) is 1.79. The van der Waals surface area contributed by atoms with E-state index in [0.717, 1.165) is 28.1 Å². The lowest BCUT2D eigenvalue weighted by Crippen LogP contribution is -2.19. The number of pyridine rings is 1. The second-order valence-electron chi connectivity index (χ2n) is 4.35. The van der Waals surface area contributed by atoms with Gasteiger partial charge in [0.05, 0.1) is 5.69 Å². The first-order valence-electron chi connectivity index (χ1n) is 5.74. The van der Waals surface area contributed by atoms with E-state index in [4.69, 9.17) is 5.73 Å². The molecule has 2 aromatic rings. The predicted octanol–water partition coefficient (Wildman–Crippen LogP) is 3.37. The summed E-state index contributed by atoms with van der Waals surface area (Å²) in [5.41, 5.74) is 9.07. The highest BCUT2D eigenvalue weighted by molar-refractivity contribution is 9.10. The molecule has 0 aliphatic rings. The van der Waals surface area contributed by atoms with Crippen LogP contribution in [0.15, 0.2) is 41.0 Å². The molecule has 18 heavy (non-hydrogen) atoms. The molecule has 0 fully saturated rings. The van der Waals surface area contributed by atoms with Crippen LogP contribution in [0, 0.1) is 6.92 Å². The minimum Gasteiger partial charge on any atom is -0.396 e. The van der Waals surface area contributed by atoms with Crippen LogP contribution in [0.3, 0.4) is 0 Å². The van der Waals surface area contributed by atoms with Gasteiger partial charge < -0.3 is 10.6 Å². The summed E-state index contributed by atoms with van der Waals surface area (Å²) in [5, 5.41) is 0.